The smallest absolute Gasteiger partial charge is 0.165 e. The molecule has 20 heavy (non-hydrogen) atoms. The van der Waals surface area contributed by atoms with Crippen LogP contribution in [0.4, 0.5) is 0 Å². The first kappa shape index (κ1) is 13.7. The Morgan fingerprint density at radius 1 is 1.10 bits per heavy atom. The molecule has 0 atom stereocenters. The molecule has 0 bridgehead atoms. The van der Waals surface area contributed by atoms with Gasteiger partial charge in [-0.25, -0.2) is 0 Å². The molecule has 0 radical (unpaired) electrons. The lowest BCUT2D eigenvalue weighted by Gasteiger charge is -2.28. The summed E-state index contributed by atoms with van der Waals surface area (Å²) in [4.78, 5) is 0. The highest BCUT2D eigenvalue weighted by atomic mass is 16.5. The summed E-state index contributed by atoms with van der Waals surface area (Å²) < 4.78 is 11.5. The quantitative estimate of drug-likeness (QED) is 0.886. The zero-order valence-electron chi connectivity index (χ0n) is 11.9. The summed E-state index contributed by atoms with van der Waals surface area (Å²) in [7, 11) is 0. The van der Waals surface area contributed by atoms with Crippen molar-refractivity contribution in [3.05, 3.63) is 23.8 Å². The van der Waals surface area contributed by atoms with E-state index in [-0.39, 0.29) is 12.1 Å². The Balaban J connectivity index is 1.74. The minimum Gasteiger partial charge on any atom is -0.490 e. The van der Waals surface area contributed by atoms with Gasteiger partial charge in [-0.05, 0) is 18.9 Å². The molecular weight excluding hydrogens is 254 g/mol. The van der Waals surface area contributed by atoms with Crippen LogP contribution >= 0.6 is 0 Å². The summed E-state index contributed by atoms with van der Waals surface area (Å²) >= 11 is 0. The highest BCUT2D eigenvalue weighted by Gasteiger charge is 2.32. The van der Waals surface area contributed by atoms with Gasteiger partial charge in [0, 0.05) is 24.1 Å². The third kappa shape index (κ3) is 2.76. The average Bonchev–Trinajstić information content (AvgIpc) is 2.82. The third-order valence-electron chi connectivity index (χ3n) is 4.37. The lowest BCUT2D eigenvalue weighted by Crippen LogP contribution is -2.45. The summed E-state index contributed by atoms with van der Waals surface area (Å²) in [5.74, 6) is 1.70. The number of rotatable bonds is 4. The van der Waals surface area contributed by atoms with Crippen molar-refractivity contribution in [2.24, 2.45) is 0 Å². The second kappa shape index (κ2) is 6.02. The van der Waals surface area contributed by atoms with E-state index in [0.717, 1.165) is 36.3 Å². The fourth-order valence-electron chi connectivity index (χ4n) is 3.12. The Morgan fingerprint density at radius 3 is 2.70 bits per heavy atom. The van der Waals surface area contributed by atoms with Gasteiger partial charge in [0.2, 0.25) is 0 Å². The summed E-state index contributed by atoms with van der Waals surface area (Å²) in [5, 5.41) is 13.2. The molecule has 2 N–H and O–H groups in total. The van der Waals surface area contributed by atoms with Gasteiger partial charge in [0.05, 0.1) is 19.8 Å². The van der Waals surface area contributed by atoms with Gasteiger partial charge in [0.1, 0.15) is 0 Å². The Hall–Kier alpha value is -1.26. The molecule has 1 aromatic carbocycles. The van der Waals surface area contributed by atoms with Crippen LogP contribution in [0.1, 0.15) is 37.7 Å². The molecule has 4 nitrogen and oxygen atoms in total. The molecule has 1 aromatic rings. The summed E-state index contributed by atoms with van der Waals surface area (Å²) in [6.07, 6.45) is 5.41. The Labute approximate surface area is 120 Å². The SMILES string of the molecule is OCC1(NCc2cccc3c2OCCCO3)CCCC1. The molecule has 1 aliphatic carbocycles. The van der Waals surface area contributed by atoms with Crippen LogP contribution in [-0.4, -0.2) is 30.5 Å². The molecule has 0 amide bonds. The third-order valence-corrected chi connectivity index (χ3v) is 4.37. The molecule has 2 aliphatic rings. The first-order valence-corrected chi connectivity index (χ1v) is 7.56. The molecule has 110 valence electrons. The van der Waals surface area contributed by atoms with Crippen LogP contribution in [0.15, 0.2) is 18.2 Å². The zero-order chi connectivity index (χ0) is 13.8. The van der Waals surface area contributed by atoms with Crippen LogP contribution in [0.3, 0.4) is 0 Å². The minimum absolute atomic E-state index is 0.103. The van der Waals surface area contributed by atoms with Gasteiger partial charge in [0.15, 0.2) is 11.5 Å². The first-order chi connectivity index (χ1) is 9.83. The van der Waals surface area contributed by atoms with Gasteiger partial charge >= 0.3 is 0 Å². The number of hydrogen-bond donors (Lipinski definition) is 2. The van der Waals surface area contributed by atoms with E-state index in [1.807, 2.05) is 12.1 Å². The number of aliphatic hydroxyl groups is 1. The number of para-hydroxylation sites is 1. The average molecular weight is 277 g/mol. The molecule has 1 saturated carbocycles. The maximum absolute atomic E-state index is 9.66. The molecule has 1 heterocycles. The summed E-state index contributed by atoms with van der Waals surface area (Å²) in [5.41, 5.74) is 1.01. The van der Waals surface area contributed by atoms with Crippen LogP contribution in [0.5, 0.6) is 11.5 Å². The number of ether oxygens (including phenoxy) is 2. The van der Waals surface area contributed by atoms with E-state index in [1.165, 1.54) is 12.8 Å². The minimum atomic E-state index is -0.103. The Morgan fingerprint density at radius 2 is 1.90 bits per heavy atom. The standard InChI is InChI=1S/C16H23NO3/c18-12-16(7-1-2-8-16)17-11-13-5-3-6-14-15(13)20-10-4-9-19-14/h3,5-6,17-18H,1-2,4,7-12H2. The van der Waals surface area contributed by atoms with Crippen molar-refractivity contribution in [3.63, 3.8) is 0 Å². The Kier molecular flexibility index (Phi) is 4.13. The first-order valence-electron chi connectivity index (χ1n) is 7.56. The maximum Gasteiger partial charge on any atom is 0.165 e. The molecule has 0 aromatic heterocycles. The van der Waals surface area contributed by atoms with Crippen molar-refractivity contribution in [3.8, 4) is 11.5 Å². The van der Waals surface area contributed by atoms with Gasteiger partial charge in [-0.15, -0.1) is 0 Å². The van der Waals surface area contributed by atoms with E-state index in [1.54, 1.807) is 0 Å². The monoisotopic (exact) mass is 277 g/mol. The van der Waals surface area contributed by atoms with Crippen LogP contribution in [0.25, 0.3) is 0 Å². The molecule has 3 rings (SSSR count). The van der Waals surface area contributed by atoms with Crippen molar-refractivity contribution < 1.29 is 14.6 Å². The van der Waals surface area contributed by atoms with Gasteiger partial charge in [-0.3, -0.25) is 0 Å². The van der Waals surface area contributed by atoms with E-state index in [0.29, 0.717) is 19.8 Å². The topological polar surface area (TPSA) is 50.7 Å². The molecule has 4 heteroatoms. The van der Waals surface area contributed by atoms with Crippen molar-refractivity contribution in [2.45, 2.75) is 44.2 Å². The van der Waals surface area contributed by atoms with Crippen molar-refractivity contribution >= 4 is 0 Å². The molecule has 0 saturated heterocycles. The summed E-state index contributed by atoms with van der Waals surface area (Å²) in [6.45, 7) is 2.34. The highest BCUT2D eigenvalue weighted by molar-refractivity contribution is 5.47. The van der Waals surface area contributed by atoms with Gasteiger partial charge < -0.3 is 19.9 Å². The van der Waals surface area contributed by atoms with Crippen LogP contribution in [-0.2, 0) is 6.54 Å². The van der Waals surface area contributed by atoms with E-state index >= 15 is 0 Å². The van der Waals surface area contributed by atoms with Gasteiger partial charge in [-0.1, -0.05) is 25.0 Å². The normalized spacial score (nSPS) is 20.6. The molecule has 1 aliphatic heterocycles. The number of benzene rings is 1. The van der Waals surface area contributed by atoms with Crippen molar-refractivity contribution in [1.29, 1.82) is 0 Å². The number of fused-ring (bicyclic) bond motifs is 1. The molecular formula is C16H23NO3. The van der Waals surface area contributed by atoms with E-state index in [2.05, 4.69) is 11.4 Å². The number of aliphatic hydroxyl groups excluding tert-OH is 1. The number of hydrogen-bond acceptors (Lipinski definition) is 4. The predicted octanol–water partition coefficient (Wildman–Crippen LogP) is 2.24. The predicted molar refractivity (Wildman–Crippen MR) is 77.2 cm³/mol. The second-order valence-corrected chi connectivity index (χ2v) is 5.79. The fraction of sp³-hybridized carbons (Fsp3) is 0.625. The van der Waals surface area contributed by atoms with Gasteiger partial charge in [-0.2, -0.15) is 0 Å². The fourth-order valence-corrected chi connectivity index (χ4v) is 3.12. The van der Waals surface area contributed by atoms with Crippen molar-refractivity contribution in [2.75, 3.05) is 19.8 Å². The largest absolute Gasteiger partial charge is 0.490 e. The van der Waals surface area contributed by atoms with Crippen LogP contribution < -0.4 is 14.8 Å². The lowest BCUT2D eigenvalue weighted by atomic mass is 9.98. The van der Waals surface area contributed by atoms with E-state index < -0.39 is 0 Å². The lowest BCUT2D eigenvalue weighted by molar-refractivity contribution is 0.162. The molecule has 1 fully saturated rings. The molecule has 0 spiro atoms. The highest BCUT2D eigenvalue weighted by Crippen LogP contribution is 2.34. The van der Waals surface area contributed by atoms with Gasteiger partial charge in [0.25, 0.3) is 0 Å². The van der Waals surface area contributed by atoms with Crippen LogP contribution in [0.2, 0.25) is 0 Å². The zero-order valence-corrected chi connectivity index (χ0v) is 11.9. The van der Waals surface area contributed by atoms with Crippen molar-refractivity contribution in [1.82, 2.24) is 5.32 Å². The van der Waals surface area contributed by atoms with E-state index in [9.17, 15) is 5.11 Å². The number of nitrogens with one attached hydrogen (secondary N) is 1. The second-order valence-electron chi connectivity index (χ2n) is 5.79. The maximum atomic E-state index is 9.66. The molecule has 0 unspecified atom stereocenters. The Bertz CT molecular complexity index is 455. The van der Waals surface area contributed by atoms with Crippen LogP contribution in [0, 0.1) is 0 Å². The van der Waals surface area contributed by atoms with E-state index in [4.69, 9.17) is 9.47 Å². The summed E-state index contributed by atoms with van der Waals surface area (Å²) in [6, 6.07) is 6.03.